The van der Waals surface area contributed by atoms with Crippen LogP contribution in [0.5, 0.6) is 0 Å². The van der Waals surface area contributed by atoms with E-state index in [4.69, 9.17) is 11.6 Å². The van der Waals surface area contributed by atoms with Crippen LogP contribution in [0.4, 0.5) is 5.13 Å². The van der Waals surface area contributed by atoms with E-state index < -0.39 is 17.7 Å². The molecule has 1 amide bonds. The summed E-state index contributed by atoms with van der Waals surface area (Å²) in [6.45, 7) is 1.76. The number of benzene rings is 2. The molecular formula is C20H14ClN3O3S. The Morgan fingerprint density at radius 2 is 1.86 bits per heavy atom. The van der Waals surface area contributed by atoms with E-state index in [2.05, 4.69) is 10.2 Å². The van der Waals surface area contributed by atoms with Gasteiger partial charge in [0.25, 0.3) is 5.78 Å². The van der Waals surface area contributed by atoms with Gasteiger partial charge in [-0.15, -0.1) is 10.2 Å². The predicted octanol–water partition coefficient (Wildman–Crippen LogP) is 4.13. The smallest absolute Gasteiger partial charge is 0.301 e. The molecule has 0 radical (unpaired) electrons. The van der Waals surface area contributed by atoms with E-state index in [1.165, 1.54) is 16.2 Å². The zero-order chi connectivity index (χ0) is 19.8. The molecule has 3 aromatic rings. The van der Waals surface area contributed by atoms with Crippen molar-refractivity contribution in [2.24, 2.45) is 0 Å². The normalized spacial score (nSPS) is 18.6. The van der Waals surface area contributed by atoms with Gasteiger partial charge in [-0.2, -0.15) is 0 Å². The number of ketones is 1. The second kappa shape index (κ2) is 7.18. The minimum atomic E-state index is -0.855. The lowest BCUT2D eigenvalue weighted by Crippen LogP contribution is -2.29. The van der Waals surface area contributed by atoms with Gasteiger partial charge >= 0.3 is 5.91 Å². The highest BCUT2D eigenvalue weighted by Crippen LogP contribution is 2.43. The molecule has 1 N–H and O–H groups in total. The summed E-state index contributed by atoms with van der Waals surface area (Å²) < 4.78 is 0. The molecule has 140 valence electrons. The number of aromatic nitrogens is 2. The van der Waals surface area contributed by atoms with E-state index in [0.29, 0.717) is 21.2 Å². The maximum absolute atomic E-state index is 12.9. The van der Waals surface area contributed by atoms with Gasteiger partial charge in [0.1, 0.15) is 10.8 Å². The SMILES string of the molecule is Cc1nnc(N2C(=O)C(=O)C(=C(O)c3ccccc3)[C@@H]2c2cccc(Cl)c2)s1. The molecule has 1 atom stereocenters. The maximum Gasteiger partial charge on any atom is 0.301 e. The number of aliphatic hydroxyl groups excluding tert-OH is 1. The molecule has 1 saturated heterocycles. The standard InChI is InChI=1S/C20H14ClN3O3S/c1-11-22-23-20(28-11)24-16(13-8-5-9-14(21)10-13)15(18(26)19(24)27)17(25)12-6-3-2-4-7-12/h2-10,16,25H,1H3/t16-/m0/s1. The highest BCUT2D eigenvalue weighted by atomic mass is 35.5. The first-order chi connectivity index (χ1) is 13.5. The third kappa shape index (κ3) is 3.08. The number of hydrogen-bond acceptors (Lipinski definition) is 6. The maximum atomic E-state index is 12.9. The number of aliphatic hydroxyl groups is 1. The van der Waals surface area contributed by atoms with Crippen LogP contribution in [0.25, 0.3) is 5.76 Å². The molecule has 2 heterocycles. The summed E-state index contributed by atoms with van der Waals surface area (Å²) >= 11 is 7.34. The minimum absolute atomic E-state index is 0.00804. The number of carbonyl (C=O) groups is 2. The van der Waals surface area contributed by atoms with Crippen molar-refractivity contribution in [3.8, 4) is 0 Å². The van der Waals surface area contributed by atoms with Crippen LogP contribution in [-0.4, -0.2) is 27.0 Å². The fourth-order valence-corrected chi connectivity index (χ4v) is 4.07. The third-order valence-corrected chi connectivity index (χ3v) is 5.45. The Labute approximate surface area is 169 Å². The van der Waals surface area contributed by atoms with Crippen molar-refractivity contribution in [3.05, 3.63) is 81.3 Å². The quantitative estimate of drug-likeness (QED) is 0.398. The number of amides is 1. The van der Waals surface area contributed by atoms with E-state index in [1.54, 1.807) is 61.5 Å². The van der Waals surface area contributed by atoms with Gasteiger partial charge in [0, 0.05) is 10.6 Å². The first kappa shape index (κ1) is 18.3. The Hall–Kier alpha value is -3.03. The molecular weight excluding hydrogens is 398 g/mol. The summed E-state index contributed by atoms with van der Waals surface area (Å²) in [6.07, 6.45) is 0. The number of nitrogens with zero attached hydrogens (tertiary/aromatic N) is 3. The van der Waals surface area contributed by atoms with E-state index in [0.717, 1.165) is 0 Å². The molecule has 0 saturated carbocycles. The molecule has 2 aromatic carbocycles. The lowest BCUT2D eigenvalue weighted by molar-refractivity contribution is -0.132. The fraction of sp³-hybridized carbons (Fsp3) is 0.100. The van der Waals surface area contributed by atoms with E-state index >= 15 is 0 Å². The van der Waals surface area contributed by atoms with Crippen LogP contribution in [0.1, 0.15) is 22.2 Å². The average molecular weight is 412 g/mol. The van der Waals surface area contributed by atoms with Crippen LogP contribution >= 0.6 is 22.9 Å². The van der Waals surface area contributed by atoms with Gasteiger partial charge in [0.2, 0.25) is 5.13 Å². The molecule has 1 aliphatic rings. The highest BCUT2D eigenvalue weighted by molar-refractivity contribution is 7.15. The Kier molecular flexibility index (Phi) is 4.70. The molecule has 0 unspecified atom stereocenters. The van der Waals surface area contributed by atoms with Crippen LogP contribution in [0.15, 0.2) is 60.2 Å². The van der Waals surface area contributed by atoms with Crippen LogP contribution < -0.4 is 4.90 Å². The molecule has 1 aliphatic heterocycles. The van der Waals surface area contributed by atoms with Crippen molar-refractivity contribution < 1.29 is 14.7 Å². The van der Waals surface area contributed by atoms with Gasteiger partial charge in [0.15, 0.2) is 0 Å². The van der Waals surface area contributed by atoms with Gasteiger partial charge in [-0.05, 0) is 24.6 Å². The van der Waals surface area contributed by atoms with E-state index in [1.807, 2.05) is 0 Å². The Morgan fingerprint density at radius 3 is 2.50 bits per heavy atom. The Balaban J connectivity index is 1.96. The second-order valence-electron chi connectivity index (χ2n) is 6.19. The van der Waals surface area contributed by atoms with Crippen molar-refractivity contribution >= 4 is 45.5 Å². The second-order valence-corrected chi connectivity index (χ2v) is 7.79. The number of aryl methyl sites for hydroxylation is 1. The van der Waals surface area contributed by atoms with Crippen molar-refractivity contribution in [2.75, 3.05) is 4.90 Å². The number of halogens is 1. The van der Waals surface area contributed by atoms with Gasteiger partial charge in [-0.1, -0.05) is 65.4 Å². The van der Waals surface area contributed by atoms with Crippen molar-refractivity contribution in [2.45, 2.75) is 13.0 Å². The summed E-state index contributed by atoms with van der Waals surface area (Å²) in [7, 11) is 0. The molecule has 1 aromatic heterocycles. The summed E-state index contributed by atoms with van der Waals surface area (Å²) in [5.74, 6) is -1.79. The van der Waals surface area contributed by atoms with Crippen molar-refractivity contribution in [1.82, 2.24) is 10.2 Å². The molecule has 0 bridgehead atoms. The topological polar surface area (TPSA) is 83.4 Å². The Bertz CT molecular complexity index is 1110. The zero-order valence-corrected chi connectivity index (χ0v) is 16.2. The first-order valence-electron chi connectivity index (χ1n) is 8.39. The molecule has 1 fully saturated rings. The van der Waals surface area contributed by atoms with Crippen LogP contribution in [0, 0.1) is 6.92 Å². The van der Waals surface area contributed by atoms with Crippen LogP contribution in [0.2, 0.25) is 5.02 Å². The molecule has 6 nitrogen and oxygen atoms in total. The lowest BCUT2D eigenvalue weighted by atomic mass is 9.95. The number of anilines is 1. The largest absolute Gasteiger partial charge is 0.507 e. The van der Waals surface area contributed by atoms with Gasteiger partial charge < -0.3 is 5.11 Å². The summed E-state index contributed by atoms with van der Waals surface area (Å²) in [5.41, 5.74) is 1.03. The van der Waals surface area contributed by atoms with Crippen molar-refractivity contribution in [3.63, 3.8) is 0 Å². The molecule has 0 spiro atoms. The number of hydrogen-bond donors (Lipinski definition) is 1. The molecule has 8 heteroatoms. The Morgan fingerprint density at radius 1 is 1.11 bits per heavy atom. The minimum Gasteiger partial charge on any atom is -0.507 e. The average Bonchev–Trinajstić information content (AvgIpc) is 3.23. The molecule has 28 heavy (non-hydrogen) atoms. The van der Waals surface area contributed by atoms with Crippen LogP contribution in [0.3, 0.4) is 0 Å². The van der Waals surface area contributed by atoms with E-state index in [9.17, 15) is 14.7 Å². The third-order valence-electron chi connectivity index (χ3n) is 4.38. The van der Waals surface area contributed by atoms with Gasteiger partial charge in [-0.25, -0.2) is 0 Å². The van der Waals surface area contributed by atoms with Crippen molar-refractivity contribution in [1.29, 1.82) is 0 Å². The summed E-state index contributed by atoms with van der Waals surface area (Å²) in [5, 5.41) is 20.3. The number of Topliss-reactive ketones (excluding diaryl/α,β-unsaturated/α-hetero) is 1. The highest BCUT2D eigenvalue weighted by Gasteiger charge is 2.48. The van der Waals surface area contributed by atoms with Crippen LogP contribution in [-0.2, 0) is 9.59 Å². The fourth-order valence-electron chi connectivity index (χ4n) is 3.16. The number of rotatable bonds is 3. The molecule has 0 aliphatic carbocycles. The zero-order valence-electron chi connectivity index (χ0n) is 14.7. The molecule has 4 rings (SSSR count). The first-order valence-corrected chi connectivity index (χ1v) is 9.59. The van der Waals surface area contributed by atoms with Gasteiger partial charge in [-0.3, -0.25) is 14.5 Å². The lowest BCUT2D eigenvalue weighted by Gasteiger charge is -2.22. The van der Waals surface area contributed by atoms with E-state index in [-0.39, 0.29) is 16.5 Å². The number of carbonyl (C=O) groups excluding carboxylic acids is 2. The summed E-state index contributed by atoms with van der Waals surface area (Å²) in [6, 6.07) is 14.6. The van der Waals surface area contributed by atoms with Gasteiger partial charge in [0.05, 0.1) is 11.6 Å². The predicted molar refractivity (Wildman–Crippen MR) is 107 cm³/mol. The monoisotopic (exact) mass is 411 g/mol. The summed E-state index contributed by atoms with van der Waals surface area (Å²) in [4.78, 5) is 27.0.